The fraction of sp³-hybridized carbons (Fsp3) is 0.500. The Morgan fingerprint density at radius 3 is 2.44 bits per heavy atom. The maximum Gasteiger partial charge on any atom is 0.422 e. The smallest absolute Gasteiger partial charge is 0.422 e. The van der Waals surface area contributed by atoms with Crippen molar-refractivity contribution < 1.29 is 14.7 Å². The molecular weight excluding hydrogens is 124 g/mol. The highest BCUT2D eigenvalue weighted by atomic mass is 16.4. The van der Waals surface area contributed by atoms with Gasteiger partial charge in [0, 0.05) is 0 Å². The number of hydrazine groups is 1. The first-order chi connectivity index (χ1) is 4.09. The molecule has 0 saturated carbocycles. The number of aldehydes is 1. The van der Waals surface area contributed by atoms with Gasteiger partial charge in [-0.3, -0.25) is 0 Å². The molecule has 0 fully saturated rings. The van der Waals surface area contributed by atoms with E-state index < -0.39 is 12.1 Å². The number of nitrogens with two attached hydrogens (primary N) is 1. The molecule has 0 rings (SSSR count). The van der Waals surface area contributed by atoms with Crippen molar-refractivity contribution >= 4 is 12.4 Å². The highest BCUT2D eigenvalue weighted by molar-refractivity contribution is 5.70. The molecule has 0 aromatic heterocycles. The number of hydrogen-bond donors (Lipinski definition) is 2. The van der Waals surface area contributed by atoms with E-state index in [1.54, 1.807) is 0 Å². The number of carbonyl (C=O) groups is 2. The average molecular weight is 132 g/mol. The van der Waals surface area contributed by atoms with Crippen molar-refractivity contribution in [2.24, 2.45) is 5.84 Å². The zero-order chi connectivity index (χ0) is 7.44. The molecule has 0 radical (unpaired) electrons. The number of amides is 1. The predicted octanol–water partition coefficient (Wildman–Crippen LogP) is -0.573. The number of carboxylic acid groups (broad SMARTS) is 1. The van der Waals surface area contributed by atoms with Gasteiger partial charge in [0.25, 0.3) is 0 Å². The van der Waals surface area contributed by atoms with Gasteiger partial charge in [0.1, 0.15) is 12.3 Å². The van der Waals surface area contributed by atoms with Crippen LogP contribution in [0.15, 0.2) is 0 Å². The van der Waals surface area contributed by atoms with Gasteiger partial charge in [-0.2, -0.15) is 0 Å². The maximum absolute atomic E-state index is 9.94. The summed E-state index contributed by atoms with van der Waals surface area (Å²) in [5.74, 6) is 4.87. The summed E-state index contributed by atoms with van der Waals surface area (Å²) in [7, 11) is 0. The van der Waals surface area contributed by atoms with Crippen LogP contribution in [0.3, 0.4) is 0 Å². The minimum absolute atomic E-state index is 0.438. The summed E-state index contributed by atoms with van der Waals surface area (Å²) in [5.41, 5.74) is 0. The van der Waals surface area contributed by atoms with E-state index in [-0.39, 0.29) is 0 Å². The van der Waals surface area contributed by atoms with Crippen molar-refractivity contribution in [2.75, 3.05) is 0 Å². The molecule has 3 N–H and O–H groups in total. The van der Waals surface area contributed by atoms with Crippen LogP contribution in [-0.4, -0.2) is 28.5 Å². The Kier molecular flexibility index (Phi) is 2.66. The first-order valence-electron chi connectivity index (χ1n) is 2.31. The Labute approximate surface area is 52.0 Å². The zero-order valence-corrected chi connectivity index (χ0v) is 4.94. The van der Waals surface area contributed by atoms with Crippen LogP contribution >= 0.6 is 0 Å². The van der Waals surface area contributed by atoms with Crippen LogP contribution in [0.25, 0.3) is 0 Å². The van der Waals surface area contributed by atoms with Crippen LogP contribution in [-0.2, 0) is 4.79 Å². The number of nitrogens with zero attached hydrogens (tertiary/aromatic N) is 1. The lowest BCUT2D eigenvalue weighted by atomic mass is 10.4. The molecule has 0 heterocycles. The minimum Gasteiger partial charge on any atom is -0.464 e. The largest absolute Gasteiger partial charge is 0.464 e. The van der Waals surface area contributed by atoms with Crippen LogP contribution in [0.5, 0.6) is 0 Å². The van der Waals surface area contributed by atoms with Crippen molar-refractivity contribution in [1.29, 1.82) is 0 Å². The molecule has 0 aliphatic heterocycles. The lowest BCUT2D eigenvalue weighted by Crippen LogP contribution is -2.43. The fourth-order valence-corrected chi connectivity index (χ4v) is 0.240. The Hall–Kier alpha value is -1.10. The first-order valence-corrected chi connectivity index (χ1v) is 2.31. The molecule has 52 valence electrons. The van der Waals surface area contributed by atoms with Gasteiger partial charge >= 0.3 is 6.09 Å². The molecule has 0 aliphatic carbocycles. The molecule has 0 spiro atoms. The van der Waals surface area contributed by atoms with Crippen molar-refractivity contribution in [1.82, 2.24) is 5.01 Å². The van der Waals surface area contributed by atoms with Crippen molar-refractivity contribution in [2.45, 2.75) is 13.0 Å². The second-order valence-electron chi connectivity index (χ2n) is 1.57. The molecule has 1 amide bonds. The van der Waals surface area contributed by atoms with Crippen LogP contribution < -0.4 is 5.84 Å². The molecule has 0 aromatic rings. The molecule has 1 atom stereocenters. The second-order valence-corrected chi connectivity index (χ2v) is 1.57. The third-order valence-electron chi connectivity index (χ3n) is 0.857. The van der Waals surface area contributed by atoms with E-state index in [4.69, 9.17) is 10.9 Å². The SMILES string of the molecule is CC(C=O)N(N)C(=O)O. The Balaban J connectivity index is 3.86. The number of hydrogen-bond acceptors (Lipinski definition) is 3. The van der Waals surface area contributed by atoms with E-state index in [2.05, 4.69) is 0 Å². The Morgan fingerprint density at radius 1 is 1.89 bits per heavy atom. The molecule has 0 saturated heterocycles. The molecule has 9 heavy (non-hydrogen) atoms. The predicted molar refractivity (Wildman–Crippen MR) is 29.6 cm³/mol. The van der Waals surface area contributed by atoms with Gasteiger partial charge in [-0.25, -0.2) is 15.6 Å². The lowest BCUT2D eigenvalue weighted by Gasteiger charge is -2.14. The summed E-state index contributed by atoms with van der Waals surface area (Å²) in [6.45, 7) is 1.39. The van der Waals surface area contributed by atoms with Crippen LogP contribution in [0.4, 0.5) is 4.79 Å². The molecular formula is C4H8N2O3. The molecule has 0 bridgehead atoms. The van der Waals surface area contributed by atoms with Crippen molar-refractivity contribution in [3.63, 3.8) is 0 Å². The van der Waals surface area contributed by atoms with Gasteiger partial charge in [0.2, 0.25) is 0 Å². The van der Waals surface area contributed by atoms with Crippen LogP contribution in [0, 0.1) is 0 Å². The minimum atomic E-state index is -1.31. The molecule has 0 aliphatic rings. The summed E-state index contributed by atoms with van der Waals surface area (Å²) in [4.78, 5) is 19.8. The fourth-order valence-electron chi connectivity index (χ4n) is 0.240. The van der Waals surface area contributed by atoms with Crippen LogP contribution in [0.2, 0.25) is 0 Å². The van der Waals surface area contributed by atoms with E-state index in [0.29, 0.717) is 11.3 Å². The van der Waals surface area contributed by atoms with Crippen LogP contribution in [0.1, 0.15) is 6.92 Å². The normalized spacial score (nSPS) is 12.2. The highest BCUT2D eigenvalue weighted by Crippen LogP contribution is 1.86. The zero-order valence-electron chi connectivity index (χ0n) is 4.94. The molecule has 5 heteroatoms. The van der Waals surface area contributed by atoms with E-state index >= 15 is 0 Å². The summed E-state index contributed by atoms with van der Waals surface area (Å²) in [5, 5.41) is 8.56. The van der Waals surface area contributed by atoms with Gasteiger partial charge < -0.3 is 9.90 Å². The maximum atomic E-state index is 9.94. The Bertz CT molecular complexity index is 125. The van der Waals surface area contributed by atoms with E-state index in [1.807, 2.05) is 0 Å². The summed E-state index contributed by atoms with van der Waals surface area (Å²) in [6, 6.07) is -0.775. The van der Waals surface area contributed by atoms with E-state index in [1.165, 1.54) is 6.92 Å². The second kappa shape index (κ2) is 3.03. The van der Waals surface area contributed by atoms with Gasteiger partial charge in [-0.15, -0.1) is 0 Å². The summed E-state index contributed by atoms with van der Waals surface area (Å²) < 4.78 is 0. The van der Waals surface area contributed by atoms with Crippen molar-refractivity contribution in [3.8, 4) is 0 Å². The first kappa shape index (κ1) is 7.90. The van der Waals surface area contributed by atoms with E-state index in [9.17, 15) is 9.59 Å². The third-order valence-corrected chi connectivity index (χ3v) is 0.857. The van der Waals surface area contributed by atoms with Gasteiger partial charge in [0.05, 0.1) is 0 Å². The number of rotatable bonds is 2. The standard InChI is InChI=1S/C4H8N2O3/c1-3(2-7)6(5)4(8)9/h2-3H,5H2,1H3,(H,8,9). The number of carbonyl (C=O) groups excluding carboxylic acids is 1. The average Bonchev–Trinajstić information content (AvgIpc) is 1.84. The molecule has 5 nitrogen and oxygen atoms in total. The third kappa shape index (κ3) is 2.09. The van der Waals surface area contributed by atoms with Gasteiger partial charge in [-0.1, -0.05) is 0 Å². The topological polar surface area (TPSA) is 83.6 Å². The lowest BCUT2D eigenvalue weighted by molar-refractivity contribution is -0.111. The van der Waals surface area contributed by atoms with E-state index in [0.717, 1.165) is 0 Å². The van der Waals surface area contributed by atoms with Gasteiger partial charge in [-0.05, 0) is 6.92 Å². The highest BCUT2D eigenvalue weighted by Gasteiger charge is 2.12. The summed E-state index contributed by atoms with van der Waals surface area (Å²) in [6.07, 6.45) is -0.858. The molecule has 1 unspecified atom stereocenters. The molecule has 0 aromatic carbocycles. The monoisotopic (exact) mass is 132 g/mol. The van der Waals surface area contributed by atoms with Gasteiger partial charge in [0.15, 0.2) is 0 Å². The Morgan fingerprint density at radius 2 is 2.33 bits per heavy atom. The quantitative estimate of drug-likeness (QED) is 0.228. The summed E-state index contributed by atoms with van der Waals surface area (Å²) >= 11 is 0. The van der Waals surface area contributed by atoms with Crippen molar-refractivity contribution in [3.05, 3.63) is 0 Å².